The lowest BCUT2D eigenvalue weighted by Crippen LogP contribution is -2.29. The lowest BCUT2D eigenvalue weighted by atomic mass is 10.1. The summed E-state index contributed by atoms with van der Waals surface area (Å²) in [5.41, 5.74) is -0.931. The topological polar surface area (TPSA) is 55.4 Å². The number of alkyl halides is 3. The normalized spacial score (nSPS) is 12.6. The smallest absolute Gasteiger partial charge is 0.416 e. The zero-order valence-corrected chi connectivity index (χ0v) is 14.4. The van der Waals surface area contributed by atoms with Crippen molar-refractivity contribution in [3.63, 3.8) is 0 Å². The van der Waals surface area contributed by atoms with Gasteiger partial charge in [0, 0.05) is 12.1 Å². The maximum absolute atomic E-state index is 13.5. The molecule has 2 aromatic rings. The molecule has 0 saturated heterocycles. The Morgan fingerprint density at radius 1 is 1.07 bits per heavy atom. The minimum Gasteiger partial charge on any atom is -0.449 e. The summed E-state index contributed by atoms with van der Waals surface area (Å²) in [6.45, 7) is 1.22. The molecule has 0 aliphatic carbocycles. The second kappa shape index (κ2) is 8.64. The van der Waals surface area contributed by atoms with Crippen LogP contribution in [0.25, 0.3) is 6.08 Å². The Bertz CT molecular complexity index is 891. The number of benzene rings is 2. The van der Waals surface area contributed by atoms with Crippen LogP contribution >= 0.6 is 0 Å². The highest BCUT2D eigenvalue weighted by Crippen LogP contribution is 2.29. The largest absolute Gasteiger partial charge is 0.449 e. The van der Waals surface area contributed by atoms with Gasteiger partial charge in [0.1, 0.15) is 11.6 Å². The van der Waals surface area contributed by atoms with E-state index in [0.29, 0.717) is 5.56 Å². The number of hydrogen-bond acceptors (Lipinski definition) is 3. The number of esters is 1. The quantitative estimate of drug-likeness (QED) is 0.455. The van der Waals surface area contributed by atoms with Crippen molar-refractivity contribution in [1.82, 2.24) is 0 Å². The third-order valence-electron chi connectivity index (χ3n) is 3.50. The van der Waals surface area contributed by atoms with Crippen LogP contribution in [-0.2, 0) is 20.5 Å². The average molecular weight is 399 g/mol. The van der Waals surface area contributed by atoms with E-state index in [1.807, 2.05) is 0 Å². The Hall–Kier alpha value is -3.23. The first kappa shape index (κ1) is 21.1. The lowest BCUT2D eigenvalue weighted by molar-refractivity contribution is -0.148. The fourth-order valence-corrected chi connectivity index (χ4v) is 2.04. The number of hydrogen-bond donors (Lipinski definition) is 1. The van der Waals surface area contributed by atoms with E-state index in [1.165, 1.54) is 13.0 Å². The molecule has 1 N–H and O–H groups in total. The third kappa shape index (κ3) is 5.90. The number of nitrogens with one attached hydrogen (secondary N) is 1. The van der Waals surface area contributed by atoms with Gasteiger partial charge in [0.25, 0.3) is 5.91 Å². The molecule has 148 valence electrons. The summed E-state index contributed by atoms with van der Waals surface area (Å²) in [5, 5.41) is 2.09. The number of carbonyl (C=O) groups excluding carboxylic acids is 2. The molecule has 4 nitrogen and oxygen atoms in total. The number of halogens is 5. The maximum atomic E-state index is 13.5. The van der Waals surface area contributed by atoms with Gasteiger partial charge >= 0.3 is 12.1 Å². The molecule has 0 heterocycles. The molecular formula is C19H14F5NO3. The van der Waals surface area contributed by atoms with Crippen molar-refractivity contribution in [1.29, 1.82) is 0 Å². The first-order chi connectivity index (χ1) is 13.1. The van der Waals surface area contributed by atoms with E-state index in [0.717, 1.165) is 48.5 Å². The van der Waals surface area contributed by atoms with Crippen LogP contribution in [-0.4, -0.2) is 18.0 Å². The van der Waals surface area contributed by atoms with E-state index in [4.69, 9.17) is 4.74 Å². The second-order valence-corrected chi connectivity index (χ2v) is 5.65. The van der Waals surface area contributed by atoms with E-state index < -0.39 is 47.0 Å². The Kier molecular flexibility index (Phi) is 6.50. The molecule has 1 amide bonds. The fourth-order valence-electron chi connectivity index (χ4n) is 2.04. The van der Waals surface area contributed by atoms with E-state index in [9.17, 15) is 31.5 Å². The van der Waals surface area contributed by atoms with Gasteiger partial charge in [-0.25, -0.2) is 13.6 Å². The van der Waals surface area contributed by atoms with Gasteiger partial charge < -0.3 is 10.1 Å². The lowest BCUT2D eigenvalue weighted by Gasteiger charge is -2.13. The number of carbonyl (C=O) groups is 2. The highest BCUT2D eigenvalue weighted by molar-refractivity contribution is 5.96. The van der Waals surface area contributed by atoms with Crippen molar-refractivity contribution in [3.8, 4) is 0 Å². The van der Waals surface area contributed by atoms with Gasteiger partial charge in [0.2, 0.25) is 0 Å². The molecule has 0 aromatic heterocycles. The molecule has 9 heteroatoms. The molecule has 2 rings (SSSR count). The summed E-state index contributed by atoms with van der Waals surface area (Å²) in [7, 11) is 0. The van der Waals surface area contributed by atoms with Crippen LogP contribution in [0.1, 0.15) is 18.1 Å². The first-order valence-electron chi connectivity index (χ1n) is 7.88. The van der Waals surface area contributed by atoms with Crippen LogP contribution in [0.5, 0.6) is 0 Å². The second-order valence-electron chi connectivity index (χ2n) is 5.65. The summed E-state index contributed by atoms with van der Waals surface area (Å²) in [6, 6.07) is 6.51. The summed E-state index contributed by atoms with van der Waals surface area (Å²) in [4.78, 5) is 23.6. The Balaban J connectivity index is 1.93. The monoisotopic (exact) mass is 399 g/mol. The van der Waals surface area contributed by atoms with Crippen molar-refractivity contribution >= 4 is 23.6 Å². The first-order valence-corrected chi connectivity index (χ1v) is 7.88. The Morgan fingerprint density at radius 3 is 2.32 bits per heavy atom. The van der Waals surface area contributed by atoms with Gasteiger partial charge in [-0.15, -0.1) is 0 Å². The number of ether oxygens (including phenoxy) is 1. The van der Waals surface area contributed by atoms with Crippen LogP contribution in [0.3, 0.4) is 0 Å². The molecule has 2 aromatic carbocycles. The molecular weight excluding hydrogens is 385 g/mol. The van der Waals surface area contributed by atoms with Gasteiger partial charge in [-0.2, -0.15) is 13.2 Å². The molecule has 1 atom stereocenters. The van der Waals surface area contributed by atoms with Crippen molar-refractivity contribution in [3.05, 3.63) is 71.3 Å². The third-order valence-corrected chi connectivity index (χ3v) is 3.50. The number of rotatable bonds is 5. The van der Waals surface area contributed by atoms with Crippen molar-refractivity contribution < 1.29 is 36.3 Å². The predicted molar refractivity (Wildman–Crippen MR) is 91.0 cm³/mol. The minimum atomic E-state index is -4.47. The predicted octanol–water partition coefficient (Wildman–Crippen LogP) is 4.57. The average Bonchev–Trinajstić information content (AvgIpc) is 2.62. The molecule has 0 saturated carbocycles. The van der Waals surface area contributed by atoms with Gasteiger partial charge in [0.05, 0.1) is 11.3 Å². The molecule has 0 spiro atoms. The summed E-state index contributed by atoms with van der Waals surface area (Å²) in [6.07, 6.45) is -3.66. The van der Waals surface area contributed by atoms with E-state index in [2.05, 4.69) is 5.32 Å². The summed E-state index contributed by atoms with van der Waals surface area (Å²) in [5.74, 6) is -3.46. The highest BCUT2D eigenvalue weighted by Gasteiger charge is 2.29. The molecule has 0 aliphatic rings. The molecule has 0 fully saturated rings. The number of anilines is 1. The van der Waals surface area contributed by atoms with Gasteiger partial charge in [0.15, 0.2) is 6.10 Å². The minimum absolute atomic E-state index is 0.309. The fraction of sp³-hybridized carbons (Fsp3) is 0.158. The van der Waals surface area contributed by atoms with Crippen molar-refractivity contribution in [2.45, 2.75) is 19.2 Å². The highest BCUT2D eigenvalue weighted by atomic mass is 19.4. The molecule has 0 aliphatic heterocycles. The van der Waals surface area contributed by atoms with Crippen LogP contribution in [0.2, 0.25) is 0 Å². The van der Waals surface area contributed by atoms with Gasteiger partial charge in [-0.1, -0.05) is 12.1 Å². The Morgan fingerprint density at radius 2 is 1.71 bits per heavy atom. The van der Waals surface area contributed by atoms with Crippen molar-refractivity contribution in [2.24, 2.45) is 0 Å². The SMILES string of the molecule is C[C@@H](OC(=O)/C=C/c1ccc(C(F)(F)F)cc1)C(=O)Nc1cc(F)ccc1F. The number of amides is 1. The summed E-state index contributed by atoms with van der Waals surface area (Å²) >= 11 is 0. The van der Waals surface area contributed by atoms with Gasteiger partial charge in [-0.05, 0) is 42.8 Å². The standard InChI is InChI=1S/C19H14F5NO3/c1-11(18(27)25-16-10-14(20)7-8-15(16)21)28-17(26)9-4-12-2-5-13(6-3-12)19(22,23)24/h2-11H,1H3,(H,25,27)/b9-4+/t11-/m1/s1. The molecule has 0 radical (unpaired) electrons. The van der Waals surface area contributed by atoms with E-state index in [1.54, 1.807) is 0 Å². The molecule has 0 unspecified atom stereocenters. The Labute approximate surface area is 156 Å². The molecule has 0 bridgehead atoms. The maximum Gasteiger partial charge on any atom is 0.416 e. The van der Waals surface area contributed by atoms with Crippen LogP contribution in [0.4, 0.5) is 27.6 Å². The zero-order valence-electron chi connectivity index (χ0n) is 14.4. The zero-order chi connectivity index (χ0) is 20.9. The van der Waals surface area contributed by atoms with Crippen molar-refractivity contribution in [2.75, 3.05) is 5.32 Å². The van der Waals surface area contributed by atoms with Gasteiger partial charge in [-0.3, -0.25) is 4.79 Å². The molecule has 28 heavy (non-hydrogen) atoms. The van der Waals surface area contributed by atoms with E-state index in [-0.39, 0.29) is 0 Å². The van der Waals surface area contributed by atoms with Crippen LogP contribution in [0, 0.1) is 11.6 Å². The van der Waals surface area contributed by atoms with Crippen LogP contribution in [0.15, 0.2) is 48.5 Å². The van der Waals surface area contributed by atoms with E-state index >= 15 is 0 Å². The van der Waals surface area contributed by atoms with Crippen LogP contribution < -0.4 is 5.32 Å². The summed E-state index contributed by atoms with van der Waals surface area (Å²) < 4.78 is 68.8.